The van der Waals surface area contributed by atoms with Gasteiger partial charge in [0.2, 0.25) is 0 Å². The molecular formula is C47H88O10. The highest BCUT2D eigenvalue weighted by Gasteiger charge is 2.44. The lowest BCUT2D eigenvalue weighted by Crippen LogP contribution is -2.59. The summed E-state index contributed by atoms with van der Waals surface area (Å²) in [5.41, 5.74) is 0. The standard InChI is InChI=1S/C47H88O10/c1-3-5-7-9-11-13-15-17-19-20-22-23-25-27-29-31-33-35-42(49)54-38-40(39-55-47-46(53)45(52)44(51)41(37-48)57-47)56-43(50)36-34-32-30-28-26-24-21-18-16-14-12-10-8-6-4-2/h14,16,40-41,44-48,51-53H,3-13,15,17-39H2,1-2H3/b16-14+/t40-,41-,44+,45?,46?,47-/m0/s1. The Morgan fingerprint density at radius 1 is 0.526 bits per heavy atom. The highest BCUT2D eigenvalue weighted by atomic mass is 16.7. The van der Waals surface area contributed by atoms with E-state index in [1.54, 1.807) is 0 Å². The van der Waals surface area contributed by atoms with E-state index in [4.69, 9.17) is 18.9 Å². The van der Waals surface area contributed by atoms with Gasteiger partial charge in [0.1, 0.15) is 31.0 Å². The third-order valence-corrected chi connectivity index (χ3v) is 11.2. The molecule has 0 bridgehead atoms. The van der Waals surface area contributed by atoms with Gasteiger partial charge < -0.3 is 39.4 Å². The molecule has 57 heavy (non-hydrogen) atoms. The number of hydrogen-bond acceptors (Lipinski definition) is 10. The molecule has 6 atom stereocenters. The largest absolute Gasteiger partial charge is 0.462 e. The van der Waals surface area contributed by atoms with Crippen molar-refractivity contribution in [1.29, 1.82) is 0 Å². The summed E-state index contributed by atoms with van der Waals surface area (Å²) in [6.07, 6.45) is 33.6. The van der Waals surface area contributed by atoms with E-state index in [9.17, 15) is 30.0 Å². The number of ether oxygens (including phenoxy) is 4. The first-order chi connectivity index (χ1) is 27.8. The monoisotopic (exact) mass is 813 g/mol. The minimum atomic E-state index is -1.59. The smallest absolute Gasteiger partial charge is 0.306 e. The van der Waals surface area contributed by atoms with Crippen molar-refractivity contribution in [3.05, 3.63) is 12.2 Å². The van der Waals surface area contributed by atoms with Crippen molar-refractivity contribution < 1.29 is 49.0 Å². The Bertz CT molecular complexity index is 943. The van der Waals surface area contributed by atoms with Gasteiger partial charge >= 0.3 is 11.9 Å². The number of esters is 2. The first kappa shape index (κ1) is 53.5. The summed E-state index contributed by atoms with van der Waals surface area (Å²) in [6.45, 7) is 3.43. The van der Waals surface area contributed by atoms with Gasteiger partial charge in [-0.2, -0.15) is 0 Å². The third kappa shape index (κ3) is 30.2. The quantitative estimate of drug-likeness (QED) is 0.0267. The highest BCUT2D eigenvalue weighted by molar-refractivity contribution is 5.70. The summed E-state index contributed by atoms with van der Waals surface area (Å²) >= 11 is 0. The molecule has 10 nitrogen and oxygen atoms in total. The van der Waals surface area contributed by atoms with E-state index < -0.39 is 49.4 Å². The van der Waals surface area contributed by atoms with Crippen molar-refractivity contribution in [2.45, 2.75) is 256 Å². The van der Waals surface area contributed by atoms with Gasteiger partial charge in [0.05, 0.1) is 13.2 Å². The summed E-state index contributed by atoms with van der Waals surface area (Å²) in [5, 5.41) is 40.1. The Morgan fingerprint density at radius 3 is 1.39 bits per heavy atom. The normalized spacial score (nSPS) is 20.3. The zero-order valence-corrected chi connectivity index (χ0v) is 36.6. The molecule has 4 N–H and O–H groups in total. The Balaban J connectivity index is 2.29. The molecule has 0 spiro atoms. The molecule has 0 aromatic carbocycles. The number of aliphatic hydroxyl groups is 4. The maximum Gasteiger partial charge on any atom is 0.306 e. The number of carbonyl (C=O) groups is 2. The van der Waals surface area contributed by atoms with Crippen molar-refractivity contribution in [2.24, 2.45) is 0 Å². The fourth-order valence-electron chi connectivity index (χ4n) is 7.36. The molecule has 1 aliphatic rings. The fraction of sp³-hybridized carbons (Fsp3) is 0.915. The van der Waals surface area contributed by atoms with Crippen LogP contribution in [-0.2, 0) is 28.5 Å². The maximum absolute atomic E-state index is 12.8. The second kappa shape index (κ2) is 38.6. The molecule has 0 aromatic rings. The van der Waals surface area contributed by atoms with E-state index in [0.717, 1.165) is 44.9 Å². The number of unbranched alkanes of at least 4 members (excludes halogenated alkanes) is 27. The van der Waals surface area contributed by atoms with Crippen molar-refractivity contribution in [2.75, 3.05) is 19.8 Å². The van der Waals surface area contributed by atoms with Crippen LogP contribution in [0.25, 0.3) is 0 Å². The highest BCUT2D eigenvalue weighted by Crippen LogP contribution is 2.23. The van der Waals surface area contributed by atoms with Crippen LogP contribution < -0.4 is 0 Å². The minimum Gasteiger partial charge on any atom is -0.462 e. The Morgan fingerprint density at radius 2 is 0.930 bits per heavy atom. The van der Waals surface area contributed by atoms with E-state index in [2.05, 4.69) is 26.0 Å². The zero-order chi connectivity index (χ0) is 41.6. The number of carbonyl (C=O) groups excluding carboxylic acids is 2. The molecule has 1 saturated heterocycles. The van der Waals surface area contributed by atoms with Crippen LogP contribution >= 0.6 is 0 Å². The Kier molecular flexibility index (Phi) is 36.2. The molecule has 1 heterocycles. The second-order valence-electron chi connectivity index (χ2n) is 16.6. The molecule has 336 valence electrons. The average molecular weight is 813 g/mol. The van der Waals surface area contributed by atoms with Crippen LogP contribution in [0.3, 0.4) is 0 Å². The van der Waals surface area contributed by atoms with Gasteiger partial charge in [0, 0.05) is 12.8 Å². The van der Waals surface area contributed by atoms with Crippen LogP contribution in [0.5, 0.6) is 0 Å². The summed E-state index contributed by atoms with van der Waals surface area (Å²) in [6, 6.07) is 0. The van der Waals surface area contributed by atoms with E-state index >= 15 is 0 Å². The lowest BCUT2D eigenvalue weighted by Gasteiger charge is -2.39. The summed E-state index contributed by atoms with van der Waals surface area (Å²) in [7, 11) is 0. The minimum absolute atomic E-state index is 0.213. The summed E-state index contributed by atoms with van der Waals surface area (Å²) in [5.74, 6) is -0.800. The molecular weight excluding hydrogens is 725 g/mol. The van der Waals surface area contributed by atoms with Crippen LogP contribution in [-0.4, -0.2) is 89.0 Å². The molecule has 1 aliphatic heterocycles. The zero-order valence-electron chi connectivity index (χ0n) is 36.6. The first-order valence-corrected chi connectivity index (χ1v) is 23.8. The van der Waals surface area contributed by atoms with E-state index in [0.29, 0.717) is 6.42 Å². The molecule has 0 saturated carbocycles. The molecule has 0 amide bonds. The number of allylic oxidation sites excluding steroid dienone is 2. The van der Waals surface area contributed by atoms with Crippen molar-refractivity contribution >= 4 is 11.9 Å². The van der Waals surface area contributed by atoms with Gasteiger partial charge in [-0.1, -0.05) is 180 Å². The van der Waals surface area contributed by atoms with E-state index in [-0.39, 0.29) is 32.0 Å². The summed E-state index contributed by atoms with van der Waals surface area (Å²) in [4.78, 5) is 25.4. The topological polar surface area (TPSA) is 152 Å². The average Bonchev–Trinajstić information content (AvgIpc) is 3.21. The molecule has 0 aliphatic carbocycles. The lowest BCUT2D eigenvalue weighted by molar-refractivity contribution is -0.305. The Hall–Kier alpha value is -1.56. The van der Waals surface area contributed by atoms with Gasteiger partial charge in [-0.05, 0) is 38.5 Å². The van der Waals surface area contributed by atoms with Crippen LogP contribution in [0, 0.1) is 0 Å². The molecule has 0 radical (unpaired) electrons. The number of rotatable bonds is 40. The van der Waals surface area contributed by atoms with Crippen LogP contribution in [0.1, 0.15) is 219 Å². The van der Waals surface area contributed by atoms with E-state index in [1.165, 1.54) is 141 Å². The van der Waals surface area contributed by atoms with Gasteiger partial charge in [-0.15, -0.1) is 0 Å². The van der Waals surface area contributed by atoms with Crippen LogP contribution in [0.2, 0.25) is 0 Å². The van der Waals surface area contributed by atoms with Gasteiger partial charge in [-0.25, -0.2) is 0 Å². The number of aliphatic hydroxyl groups excluding tert-OH is 4. The van der Waals surface area contributed by atoms with Crippen molar-refractivity contribution in [3.8, 4) is 0 Å². The Labute approximate surface area is 348 Å². The molecule has 1 rings (SSSR count). The molecule has 1 fully saturated rings. The van der Waals surface area contributed by atoms with Gasteiger partial charge in [-0.3, -0.25) is 9.59 Å². The van der Waals surface area contributed by atoms with Gasteiger partial charge in [0.15, 0.2) is 12.4 Å². The van der Waals surface area contributed by atoms with Crippen LogP contribution in [0.4, 0.5) is 0 Å². The maximum atomic E-state index is 12.8. The predicted octanol–water partition coefficient (Wildman–Crippen LogP) is 10.3. The van der Waals surface area contributed by atoms with Crippen molar-refractivity contribution in [1.82, 2.24) is 0 Å². The predicted molar refractivity (Wildman–Crippen MR) is 229 cm³/mol. The SMILES string of the molecule is CCCCCC/C=C/CCCCCCCCCC(=O)O[C@@H](COC(=O)CCCCCCCCCCCCCCCCCCC)CO[C@H]1O[C@@H](CO)[C@@H](O)C(O)C1O. The summed E-state index contributed by atoms with van der Waals surface area (Å²) < 4.78 is 22.2. The fourth-order valence-corrected chi connectivity index (χ4v) is 7.36. The van der Waals surface area contributed by atoms with E-state index in [1.807, 2.05) is 0 Å². The molecule has 0 aromatic heterocycles. The molecule has 10 heteroatoms. The lowest BCUT2D eigenvalue weighted by atomic mass is 9.99. The van der Waals surface area contributed by atoms with Crippen LogP contribution in [0.15, 0.2) is 12.2 Å². The first-order valence-electron chi connectivity index (χ1n) is 23.8. The second-order valence-corrected chi connectivity index (χ2v) is 16.6. The van der Waals surface area contributed by atoms with Crippen molar-refractivity contribution in [3.63, 3.8) is 0 Å². The molecule has 2 unspecified atom stereocenters. The number of hydrogen-bond donors (Lipinski definition) is 4. The third-order valence-electron chi connectivity index (χ3n) is 11.2. The van der Waals surface area contributed by atoms with Gasteiger partial charge in [0.25, 0.3) is 0 Å².